The van der Waals surface area contributed by atoms with Gasteiger partial charge in [-0.25, -0.2) is 14.2 Å². The van der Waals surface area contributed by atoms with Crippen molar-refractivity contribution in [3.05, 3.63) is 65.5 Å². The van der Waals surface area contributed by atoms with Gasteiger partial charge in [0.1, 0.15) is 18.1 Å². The second-order valence-electron chi connectivity index (χ2n) is 9.38. The molecule has 1 aliphatic heterocycles. The Balaban J connectivity index is 1.88. The summed E-state index contributed by atoms with van der Waals surface area (Å²) >= 11 is 0. The van der Waals surface area contributed by atoms with Crippen LogP contribution in [0.3, 0.4) is 0 Å². The normalized spacial score (nSPS) is 15.5. The molecule has 0 aliphatic carbocycles. The number of urea groups is 1. The number of amides is 3. The maximum absolute atomic E-state index is 13.5. The van der Waals surface area contributed by atoms with E-state index in [1.54, 1.807) is 26.4 Å². The smallest absolute Gasteiger partial charge is 0.318 e. The molecule has 3 rings (SSSR count). The number of halogens is 1. The van der Waals surface area contributed by atoms with E-state index in [9.17, 15) is 14.0 Å². The number of carbonyl (C=O) groups excluding carboxylic acids is 2. The average molecular weight is 485 g/mol. The largest absolute Gasteiger partial charge is 0.497 e. The van der Waals surface area contributed by atoms with E-state index in [1.165, 1.54) is 22.0 Å². The van der Waals surface area contributed by atoms with E-state index in [1.807, 2.05) is 45.0 Å². The predicted octanol–water partition coefficient (Wildman–Crippen LogP) is 3.97. The van der Waals surface area contributed by atoms with Crippen LogP contribution < -0.4 is 10.1 Å². The van der Waals surface area contributed by atoms with Crippen LogP contribution in [0.4, 0.5) is 9.18 Å². The molecule has 1 N–H and O–H groups in total. The van der Waals surface area contributed by atoms with E-state index in [4.69, 9.17) is 9.47 Å². The monoisotopic (exact) mass is 484 g/mol. The summed E-state index contributed by atoms with van der Waals surface area (Å²) in [4.78, 5) is 27.8. The first-order valence-electron chi connectivity index (χ1n) is 11.5. The first kappa shape index (κ1) is 26.2. The number of ether oxygens (including phenoxy) is 2. The van der Waals surface area contributed by atoms with Gasteiger partial charge in [0.15, 0.2) is 0 Å². The standard InChI is InChI=1S/C26H33FN4O4/c1-26(2,3)28-25(33)30(14-15-34-4)17-24(32)31-23(19-8-12-21(35-5)13-9-19)16-22(29-31)18-6-10-20(27)11-7-18/h6-13,23H,14-17H2,1-5H3,(H,28,33)/t23-/m0/s1. The molecular weight excluding hydrogens is 451 g/mol. The first-order chi connectivity index (χ1) is 16.6. The molecule has 0 aromatic heterocycles. The number of rotatable bonds is 8. The van der Waals surface area contributed by atoms with Crippen molar-refractivity contribution in [2.24, 2.45) is 5.10 Å². The van der Waals surface area contributed by atoms with Crippen LogP contribution >= 0.6 is 0 Å². The second-order valence-corrected chi connectivity index (χ2v) is 9.38. The second kappa shape index (κ2) is 11.3. The molecule has 0 spiro atoms. The van der Waals surface area contributed by atoms with Crippen LogP contribution in [-0.2, 0) is 9.53 Å². The molecule has 0 saturated heterocycles. The molecule has 1 heterocycles. The van der Waals surface area contributed by atoms with E-state index >= 15 is 0 Å². The molecule has 9 heteroatoms. The van der Waals surface area contributed by atoms with Crippen LogP contribution in [0.25, 0.3) is 0 Å². The van der Waals surface area contributed by atoms with Crippen molar-refractivity contribution in [1.82, 2.24) is 15.2 Å². The molecular formula is C26H33FN4O4. The summed E-state index contributed by atoms with van der Waals surface area (Å²) in [6, 6.07) is 12.7. The molecule has 0 unspecified atom stereocenters. The van der Waals surface area contributed by atoms with Crippen molar-refractivity contribution in [3.63, 3.8) is 0 Å². The molecule has 0 saturated carbocycles. The summed E-state index contributed by atoms with van der Waals surface area (Å²) in [5.74, 6) is 0.0302. The number of carbonyl (C=O) groups is 2. The van der Waals surface area contributed by atoms with Gasteiger partial charge in [-0.05, 0) is 56.2 Å². The van der Waals surface area contributed by atoms with Crippen LogP contribution in [-0.4, -0.2) is 67.0 Å². The molecule has 2 aromatic carbocycles. The Bertz CT molecular complexity index is 1050. The number of hydrogen-bond acceptors (Lipinski definition) is 5. The van der Waals surface area contributed by atoms with Crippen LogP contribution in [0.1, 0.15) is 44.4 Å². The van der Waals surface area contributed by atoms with Crippen molar-refractivity contribution < 1.29 is 23.5 Å². The summed E-state index contributed by atoms with van der Waals surface area (Å²) in [6.07, 6.45) is 0.454. The Labute approximate surface area is 205 Å². The SMILES string of the molecule is COCCN(CC(=O)N1N=C(c2ccc(F)cc2)C[C@H]1c1ccc(OC)cc1)C(=O)NC(C)(C)C. The van der Waals surface area contributed by atoms with Crippen molar-refractivity contribution in [3.8, 4) is 5.75 Å². The summed E-state index contributed by atoms with van der Waals surface area (Å²) in [5, 5.41) is 8.93. The molecule has 2 aromatic rings. The van der Waals surface area contributed by atoms with E-state index in [0.29, 0.717) is 17.9 Å². The lowest BCUT2D eigenvalue weighted by Gasteiger charge is -2.30. The quantitative estimate of drug-likeness (QED) is 0.615. The number of nitrogens with zero attached hydrogens (tertiary/aromatic N) is 3. The Hall–Kier alpha value is -3.46. The van der Waals surface area contributed by atoms with E-state index < -0.39 is 5.54 Å². The minimum absolute atomic E-state index is 0.169. The zero-order valence-electron chi connectivity index (χ0n) is 20.9. The molecule has 0 fully saturated rings. The highest BCUT2D eigenvalue weighted by molar-refractivity contribution is 6.03. The van der Waals surface area contributed by atoms with Gasteiger partial charge < -0.3 is 19.7 Å². The summed E-state index contributed by atoms with van der Waals surface area (Å²) in [5.41, 5.74) is 1.82. The number of methoxy groups -OCH3 is 2. The maximum atomic E-state index is 13.5. The third kappa shape index (κ3) is 7.02. The summed E-state index contributed by atoms with van der Waals surface area (Å²) in [7, 11) is 3.13. The van der Waals surface area contributed by atoms with Gasteiger partial charge in [-0.3, -0.25) is 4.79 Å². The lowest BCUT2D eigenvalue weighted by Crippen LogP contribution is -2.52. The summed E-state index contributed by atoms with van der Waals surface area (Å²) < 4.78 is 23.9. The minimum atomic E-state index is -0.460. The van der Waals surface area contributed by atoms with Crippen LogP contribution in [0.2, 0.25) is 0 Å². The maximum Gasteiger partial charge on any atom is 0.318 e. The minimum Gasteiger partial charge on any atom is -0.497 e. The molecule has 3 amide bonds. The fourth-order valence-electron chi connectivity index (χ4n) is 3.73. The van der Waals surface area contributed by atoms with E-state index in [-0.39, 0.29) is 43.5 Å². The van der Waals surface area contributed by atoms with Gasteiger partial charge in [-0.15, -0.1) is 0 Å². The van der Waals surface area contributed by atoms with Gasteiger partial charge in [-0.2, -0.15) is 5.10 Å². The van der Waals surface area contributed by atoms with Crippen LogP contribution in [0, 0.1) is 5.82 Å². The highest BCUT2D eigenvalue weighted by atomic mass is 19.1. The topological polar surface area (TPSA) is 83.5 Å². The zero-order chi connectivity index (χ0) is 25.6. The highest BCUT2D eigenvalue weighted by Crippen LogP contribution is 2.33. The highest BCUT2D eigenvalue weighted by Gasteiger charge is 2.34. The predicted molar refractivity (Wildman–Crippen MR) is 132 cm³/mol. The van der Waals surface area contributed by atoms with Gasteiger partial charge in [0, 0.05) is 25.6 Å². The average Bonchev–Trinajstić information content (AvgIpc) is 3.26. The van der Waals surface area contributed by atoms with Crippen molar-refractivity contribution in [2.75, 3.05) is 33.9 Å². The molecule has 188 valence electrons. The number of nitrogens with one attached hydrogen (secondary N) is 1. The number of hydrogen-bond donors (Lipinski definition) is 1. The first-order valence-corrected chi connectivity index (χ1v) is 11.5. The van der Waals surface area contributed by atoms with Crippen LogP contribution in [0.5, 0.6) is 5.75 Å². The van der Waals surface area contributed by atoms with Gasteiger partial charge in [0.25, 0.3) is 5.91 Å². The van der Waals surface area contributed by atoms with Gasteiger partial charge in [0.2, 0.25) is 0 Å². The zero-order valence-corrected chi connectivity index (χ0v) is 20.9. The lowest BCUT2D eigenvalue weighted by atomic mass is 9.98. The van der Waals surface area contributed by atoms with Gasteiger partial charge in [0.05, 0.1) is 25.5 Å². The third-order valence-corrected chi connectivity index (χ3v) is 5.50. The van der Waals surface area contributed by atoms with Gasteiger partial charge >= 0.3 is 6.03 Å². The Morgan fingerprint density at radius 1 is 1.11 bits per heavy atom. The third-order valence-electron chi connectivity index (χ3n) is 5.50. The molecule has 8 nitrogen and oxygen atoms in total. The lowest BCUT2D eigenvalue weighted by molar-refractivity contribution is -0.133. The van der Waals surface area contributed by atoms with E-state index in [2.05, 4.69) is 10.4 Å². The van der Waals surface area contributed by atoms with Crippen molar-refractivity contribution in [2.45, 2.75) is 38.8 Å². The summed E-state index contributed by atoms with van der Waals surface area (Å²) in [6.45, 7) is 6.00. The molecule has 35 heavy (non-hydrogen) atoms. The molecule has 1 atom stereocenters. The fourth-order valence-corrected chi connectivity index (χ4v) is 3.73. The Morgan fingerprint density at radius 2 is 1.77 bits per heavy atom. The van der Waals surface area contributed by atoms with Crippen LogP contribution in [0.15, 0.2) is 53.6 Å². The number of hydrazone groups is 1. The molecule has 0 radical (unpaired) electrons. The van der Waals surface area contributed by atoms with E-state index in [0.717, 1.165) is 11.1 Å². The Kier molecular flexibility index (Phi) is 8.45. The Morgan fingerprint density at radius 3 is 2.34 bits per heavy atom. The van der Waals surface area contributed by atoms with Crippen molar-refractivity contribution in [1.29, 1.82) is 0 Å². The number of benzene rings is 2. The molecule has 1 aliphatic rings. The fraction of sp³-hybridized carbons (Fsp3) is 0.423. The molecule has 0 bridgehead atoms. The van der Waals surface area contributed by atoms with Crippen molar-refractivity contribution >= 4 is 17.6 Å². The van der Waals surface area contributed by atoms with Gasteiger partial charge in [-0.1, -0.05) is 24.3 Å².